The molecule has 2 saturated heterocycles. The molecule has 0 bridgehead atoms. The monoisotopic (exact) mass is 850 g/mol. The molecule has 62 heavy (non-hydrogen) atoms. The second kappa shape index (κ2) is 19.6. The molecule has 0 unspecified atom stereocenters. The molecule has 0 spiro atoms. The summed E-state index contributed by atoms with van der Waals surface area (Å²) in [7, 11) is 2.52. The molecule has 0 radical (unpaired) electrons. The SMILES string of the molecule is CCC(=O)n1c(-c2ccc(-c3ccc(-c4cnc([C@@H]5CCCN5C(=O)[C@@H](NC(=O)OC)C(C)C)n4C(=O)CC)cc3)cc2)cnc1[C@@H]1CCCN1C(=O)[C@@H](NC(=O)OC)C(C)C. The molecule has 4 atom stereocenters. The number of alkyl carbamates (subject to hydrolysis) is 2. The first-order chi connectivity index (χ1) is 29.7. The van der Waals surface area contributed by atoms with Gasteiger partial charge in [-0.3, -0.25) is 28.3 Å². The molecule has 16 nitrogen and oxygen atoms in total. The van der Waals surface area contributed by atoms with Crippen molar-refractivity contribution >= 4 is 35.8 Å². The van der Waals surface area contributed by atoms with E-state index in [1.807, 2.05) is 76.2 Å². The first-order valence-electron chi connectivity index (χ1n) is 21.5. The van der Waals surface area contributed by atoms with Crippen molar-refractivity contribution in [3.8, 4) is 33.6 Å². The van der Waals surface area contributed by atoms with E-state index in [1.54, 1.807) is 45.2 Å². The van der Waals surface area contributed by atoms with Crippen LogP contribution in [0.4, 0.5) is 9.59 Å². The normalized spacial score (nSPS) is 17.3. The highest BCUT2D eigenvalue weighted by Gasteiger charge is 2.41. The van der Waals surface area contributed by atoms with Gasteiger partial charge in [0.1, 0.15) is 23.7 Å². The van der Waals surface area contributed by atoms with Crippen LogP contribution in [0.3, 0.4) is 0 Å². The Balaban J connectivity index is 1.25. The van der Waals surface area contributed by atoms with Crippen molar-refractivity contribution in [1.29, 1.82) is 0 Å². The van der Waals surface area contributed by atoms with Gasteiger partial charge in [0.2, 0.25) is 23.6 Å². The van der Waals surface area contributed by atoms with E-state index in [1.165, 1.54) is 14.2 Å². The number of nitrogens with zero attached hydrogens (tertiary/aromatic N) is 6. The van der Waals surface area contributed by atoms with E-state index < -0.39 is 36.4 Å². The van der Waals surface area contributed by atoms with Crippen molar-refractivity contribution in [2.45, 2.75) is 104 Å². The zero-order valence-electron chi connectivity index (χ0n) is 36.8. The first-order valence-corrected chi connectivity index (χ1v) is 21.5. The molecule has 2 aromatic carbocycles. The lowest BCUT2D eigenvalue weighted by Gasteiger charge is -2.30. The second-order valence-electron chi connectivity index (χ2n) is 16.4. The number of rotatable bonds is 13. The van der Waals surface area contributed by atoms with Crippen molar-refractivity contribution in [1.82, 2.24) is 39.5 Å². The third-order valence-electron chi connectivity index (χ3n) is 11.8. The Morgan fingerprint density at radius 2 is 0.935 bits per heavy atom. The largest absolute Gasteiger partial charge is 0.453 e. The van der Waals surface area contributed by atoms with Crippen LogP contribution >= 0.6 is 0 Å². The number of ether oxygens (including phenoxy) is 2. The van der Waals surface area contributed by atoms with Gasteiger partial charge in [-0.05, 0) is 48.6 Å². The summed E-state index contributed by atoms with van der Waals surface area (Å²) < 4.78 is 12.8. The molecule has 2 aliphatic rings. The van der Waals surface area contributed by atoms with Crippen LogP contribution in [0.1, 0.15) is 113 Å². The summed E-state index contributed by atoms with van der Waals surface area (Å²) in [6.45, 7) is 12.0. The number of aromatic nitrogens is 4. The Kier molecular flexibility index (Phi) is 14.3. The molecule has 330 valence electrons. The number of carbonyl (C=O) groups is 6. The van der Waals surface area contributed by atoms with Gasteiger partial charge >= 0.3 is 12.2 Å². The maximum Gasteiger partial charge on any atom is 0.407 e. The van der Waals surface area contributed by atoms with Crippen LogP contribution in [0.25, 0.3) is 33.6 Å². The van der Waals surface area contributed by atoms with Crippen LogP contribution in [0.2, 0.25) is 0 Å². The molecule has 4 aromatic rings. The summed E-state index contributed by atoms with van der Waals surface area (Å²) in [5, 5.41) is 5.35. The predicted molar refractivity (Wildman–Crippen MR) is 232 cm³/mol. The lowest BCUT2D eigenvalue weighted by Crippen LogP contribution is -2.51. The number of benzene rings is 2. The molecule has 2 aliphatic heterocycles. The molecule has 0 saturated carbocycles. The fourth-order valence-corrected chi connectivity index (χ4v) is 8.47. The maximum atomic E-state index is 13.8. The Morgan fingerprint density at radius 1 is 0.597 bits per heavy atom. The second-order valence-corrected chi connectivity index (χ2v) is 16.4. The van der Waals surface area contributed by atoms with Gasteiger partial charge in [-0.15, -0.1) is 0 Å². The zero-order chi connectivity index (χ0) is 44.8. The summed E-state index contributed by atoms with van der Waals surface area (Å²) in [5.41, 5.74) is 4.66. The van der Waals surface area contributed by atoms with E-state index in [-0.39, 0.29) is 48.3 Å². The highest BCUT2D eigenvalue weighted by atomic mass is 16.5. The number of hydrogen-bond acceptors (Lipinski definition) is 10. The van der Waals surface area contributed by atoms with Gasteiger partial charge in [-0.25, -0.2) is 19.6 Å². The molecule has 0 aliphatic carbocycles. The Morgan fingerprint density at radius 3 is 1.24 bits per heavy atom. The maximum absolute atomic E-state index is 13.8. The minimum absolute atomic E-state index is 0.147. The van der Waals surface area contributed by atoms with E-state index in [0.29, 0.717) is 49.0 Å². The summed E-state index contributed by atoms with van der Waals surface area (Å²) >= 11 is 0. The number of likely N-dealkylation sites (tertiary alicyclic amines) is 2. The van der Waals surface area contributed by atoms with Gasteiger partial charge in [0, 0.05) is 37.1 Å². The van der Waals surface area contributed by atoms with Gasteiger partial charge in [0.05, 0.1) is 50.1 Å². The quantitative estimate of drug-likeness (QED) is 0.139. The standard InChI is InChI=1S/C46H58N8O8/c1-9-37(55)53-35(25-47-41(53)33-13-11-23-51(33)43(57)39(27(3)4)49-45(59)61-7)31-19-15-29(16-20-31)30-17-21-32(22-18-30)36-26-48-42(54(36)38(56)10-2)34-14-12-24-52(34)44(58)40(28(5)6)50-46(60)62-8/h15-22,25-28,33-34,39-40H,9-14,23-24H2,1-8H3,(H,49,59)(H,50,60)/t33-,34-,39-,40-/m0/s1. The molecule has 2 fully saturated rings. The van der Waals surface area contributed by atoms with Crippen molar-refractivity contribution < 1.29 is 38.2 Å². The lowest BCUT2D eigenvalue weighted by atomic mass is 10.0. The molecule has 4 heterocycles. The van der Waals surface area contributed by atoms with Crippen LogP contribution in [0.15, 0.2) is 60.9 Å². The Hall–Kier alpha value is -6.32. The number of nitrogens with one attached hydrogen (secondary N) is 2. The van der Waals surface area contributed by atoms with Crippen molar-refractivity contribution in [3.63, 3.8) is 0 Å². The average molecular weight is 851 g/mol. The molecule has 16 heteroatoms. The van der Waals surface area contributed by atoms with Crippen molar-refractivity contribution in [2.24, 2.45) is 11.8 Å². The zero-order valence-corrected chi connectivity index (χ0v) is 36.8. The van der Waals surface area contributed by atoms with Crippen LogP contribution < -0.4 is 10.6 Å². The lowest BCUT2D eigenvalue weighted by molar-refractivity contribution is -0.136. The van der Waals surface area contributed by atoms with Gasteiger partial charge < -0.3 is 29.9 Å². The smallest absolute Gasteiger partial charge is 0.407 e. The molecule has 2 N–H and O–H groups in total. The van der Waals surface area contributed by atoms with Crippen LogP contribution in [-0.2, 0) is 19.1 Å². The number of imidazole rings is 2. The van der Waals surface area contributed by atoms with Crippen LogP contribution in [-0.4, -0.2) is 104 Å². The number of amides is 4. The molecular weight excluding hydrogens is 793 g/mol. The topological polar surface area (TPSA) is 187 Å². The predicted octanol–water partition coefficient (Wildman–Crippen LogP) is 7.27. The molecule has 6 rings (SSSR count). The summed E-state index contributed by atoms with van der Waals surface area (Å²) in [6, 6.07) is 13.2. The molecule has 4 amide bonds. The van der Waals surface area contributed by atoms with E-state index in [2.05, 4.69) is 10.6 Å². The first kappa shape index (κ1) is 45.2. The third-order valence-corrected chi connectivity index (χ3v) is 11.8. The van der Waals surface area contributed by atoms with Gasteiger partial charge in [-0.1, -0.05) is 90.1 Å². The van der Waals surface area contributed by atoms with Crippen LogP contribution in [0.5, 0.6) is 0 Å². The summed E-state index contributed by atoms with van der Waals surface area (Å²) in [4.78, 5) is 91.9. The minimum atomic E-state index is -0.796. The van der Waals surface area contributed by atoms with E-state index in [4.69, 9.17) is 19.4 Å². The van der Waals surface area contributed by atoms with Crippen LogP contribution in [0, 0.1) is 11.8 Å². The summed E-state index contributed by atoms with van der Waals surface area (Å²) in [5.74, 6) is -0.193. The Bertz CT molecular complexity index is 2120. The molecular formula is C46H58N8O8. The van der Waals surface area contributed by atoms with Gasteiger partial charge in [-0.2, -0.15) is 0 Å². The Labute approximate surface area is 362 Å². The van der Waals surface area contributed by atoms with Crippen molar-refractivity contribution in [2.75, 3.05) is 27.3 Å². The highest BCUT2D eigenvalue weighted by Crippen LogP contribution is 2.37. The highest BCUT2D eigenvalue weighted by molar-refractivity contribution is 5.89. The van der Waals surface area contributed by atoms with Crippen molar-refractivity contribution in [3.05, 3.63) is 72.6 Å². The van der Waals surface area contributed by atoms with E-state index >= 15 is 0 Å². The van der Waals surface area contributed by atoms with Gasteiger partial charge in [0.15, 0.2) is 0 Å². The van der Waals surface area contributed by atoms with E-state index in [0.717, 1.165) is 35.1 Å². The fourth-order valence-electron chi connectivity index (χ4n) is 8.47. The van der Waals surface area contributed by atoms with Gasteiger partial charge in [0.25, 0.3) is 0 Å². The molecule has 2 aromatic heterocycles. The number of carbonyl (C=O) groups excluding carboxylic acids is 6. The average Bonchev–Trinajstić information content (AvgIpc) is 4.12. The number of methoxy groups -OCH3 is 2. The third kappa shape index (κ3) is 9.14. The number of hydrogen-bond donors (Lipinski definition) is 2. The minimum Gasteiger partial charge on any atom is -0.453 e. The summed E-state index contributed by atoms with van der Waals surface area (Å²) in [6.07, 6.45) is 5.15. The van der Waals surface area contributed by atoms with E-state index in [9.17, 15) is 28.8 Å². The fraction of sp³-hybridized carbons (Fsp3) is 0.478.